The molecule has 0 spiro atoms. The molecule has 0 unspecified atom stereocenters. The zero-order chi connectivity index (χ0) is 15.7. The van der Waals surface area contributed by atoms with E-state index in [9.17, 15) is 14.0 Å². The van der Waals surface area contributed by atoms with Crippen molar-refractivity contribution in [2.45, 2.75) is 12.8 Å². The largest absolute Gasteiger partial charge is 0.481 e. The second-order valence-electron chi connectivity index (χ2n) is 4.88. The molecule has 0 radical (unpaired) electrons. The number of furan rings is 1. The summed E-state index contributed by atoms with van der Waals surface area (Å²) in [5.74, 6) is -1.67. The molecule has 0 fully saturated rings. The summed E-state index contributed by atoms with van der Waals surface area (Å²) in [6.45, 7) is 0. The molecule has 0 atom stereocenters. The van der Waals surface area contributed by atoms with Crippen LogP contribution in [0.3, 0.4) is 0 Å². The molecule has 0 saturated heterocycles. The highest BCUT2D eigenvalue weighted by Crippen LogP contribution is 2.31. The summed E-state index contributed by atoms with van der Waals surface area (Å²) < 4.78 is 18.9. The number of H-pyrrole nitrogens is 1. The summed E-state index contributed by atoms with van der Waals surface area (Å²) in [6.07, 6.45) is 2.68. The van der Waals surface area contributed by atoms with Gasteiger partial charge in [-0.2, -0.15) is 0 Å². The zero-order valence-electron chi connectivity index (χ0n) is 11.4. The third-order valence-corrected chi connectivity index (χ3v) is 3.42. The summed E-state index contributed by atoms with van der Waals surface area (Å²) in [4.78, 5) is 25.2. The Labute approximate surface area is 124 Å². The van der Waals surface area contributed by atoms with Gasteiger partial charge in [-0.05, 0) is 12.1 Å². The van der Waals surface area contributed by atoms with Crippen LogP contribution in [0.2, 0.25) is 0 Å². The van der Waals surface area contributed by atoms with Gasteiger partial charge in [0.1, 0.15) is 5.82 Å². The summed E-state index contributed by atoms with van der Waals surface area (Å²) in [7, 11) is 0. The number of aliphatic carboxylic acids is 1. The minimum absolute atomic E-state index is 0.0991. The van der Waals surface area contributed by atoms with Crippen molar-refractivity contribution in [3.05, 3.63) is 48.3 Å². The fraction of sp³-hybridized carbons (Fsp3) is 0.125. The maximum Gasteiger partial charge on any atom is 0.303 e. The van der Waals surface area contributed by atoms with E-state index in [0.29, 0.717) is 16.5 Å². The van der Waals surface area contributed by atoms with Gasteiger partial charge in [0.25, 0.3) is 0 Å². The number of halogens is 1. The first-order valence-electron chi connectivity index (χ1n) is 6.66. The van der Waals surface area contributed by atoms with E-state index in [4.69, 9.17) is 9.52 Å². The molecule has 0 amide bonds. The predicted molar refractivity (Wildman–Crippen MR) is 77.2 cm³/mol. The number of benzene rings is 1. The van der Waals surface area contributed by atoms with Crippen molar-refractivity contribution >= 4 is 22.7 Å². The second-order valence-corrected chi connectivity index (χ2v) is 4.88. The van der Waals surface area contributed by atoms with Crippen LogP contribution >= 0.6 is 0 Å². The van der Waals surface area contributed by atoms with Gasteiger partial charge < -0.3 is 14.5 Å². The van der Waals surface area contributed by atoms with Crippen LogP contribution in [0.25, 0.3) is 22.0 Å². The minimum Gasteiger partial charge on any atom is -0.481 e. The van der Waals surface area contributed by atoms with E-state index < -0.39 is 5.97 Å². The highest BCUT2D eigenvalue weighted by Gasteiger charge is 2.16. The van der Waals surface area contributed by atoms with E-state index in [1.54, 1.807) is 18.3 Å². The van der Waals surface area contributed by atoms with Crippen molar-refractivity contribution in [3.63, 3.8) is 0 Å². The Balaban J connectivity index is 1.91. The number of hydrogen-bond donors (Lipinski definition) is 2. The standard InChI is InChI=1S/C16H12FNO4/c17-12-3-1-2-10-11(7-18-16(10)12)9-6-14(22-8-9)13(19)4-5-15(20)21/h1-3,6-8,18H,4-5H2,(H,20,21). The number of carbonyl (C=O) groups excluding carboxylic acids is 1. The first-order valence-corrected chi connectivity index (χ1v) is 6.66. The van der Waals surface area contributed by atoms with E-state index in [2.05, 4.69) is 4.98 Å². The molecule has 1 aromatic carbocycles. The van der Waals surface area contributed by atoms with Crippen LogP contribution in [-0.2, 0) is 4.79 Å². The van der Waals surface area contributed by atoms with E-state index in [-0.39, 0.29) is 30.2 Å². The van der Waals surface area contributed by atoms with Crippen LogP contribution < -0.4 is 0 Å². The molecule has 2 N–H and O–H groups in total. The Morgan fingerprint density at radius 2 is 2.09 bits per heavy atom. The van der Waals surface area contributed by atoms with Gasteiger partial charge in [-0.25, -0.2) is 4.39 Å². The molecule has 0 bridgehead atoms. The van der Waals surface area contributed by atoms with Crippen LogP contribution in [0, 0.1) is 5.82 Å². The molecule has 3 rings (SSSR count). The molecular formula is C16H12FNO4. The zero-order valence-corrected chi connectivity index (χ0v) is 11.4. The molecule has 0 aliphatic heterocycles. The van der Waals surface area contributed by atoms with Crippen LogP contribution in [0.5, 0.6) is 0 Å². The number of aromatic amines is 1. The first-order chi connectivity index (χ1) is 10.6. The molecule has 0 saturated carbocycles. The van der Waals surface area contributed by atoms with Gasteiger partial charge in [0.2, 0.25) is 0 Å². The average Bonchev–Trinajstić information content (AvgIpc) is 3.11. The monoisotopic (exact) mass is 301 g/mol. The third-order valence-electron chi connectivity index (χ3n) is 3.42. The van der Waals surface area contributed by atoms with E-state index in [1.165, 1.54) is 18.4 Å². The van der Waals surface area contributed by atoms with E-state index in [0.717, 1.165) is 5.56 Å². The number of aromatic nitrogens is 1. The number of carboxylic acid groups (broad SMARTS) is 1. The Hall–Kier alpha value is -2.89. The highest BCUT2D eigenvalue weighted by molar-refractivity contribution is 5.99. The Morgan fingerprint density at radius 1 is 1.27 bits per heavy atom. The van der Waals surface area contributed by atoms with Gasteiger partial charge in [0.05, 0.1) is 18.2 Å². The lowest BCUT2D eigenvalue weighted by atomic mass is 10.1. The van der Waals surface area contributed by atoms with Crippen molar-refractivity contribution in [3.8, 4) is 11.1 Å². The van der Waals surface area contributed by atoms with Crippen LogP contribution in [0.1, 0.15) is 23.4 Å². The maximum atomic E-state index is 13.7. The van der Waals surface area contributed by atoms with Gasteiger partial charge in [-0.3, -0.25) is 9.59 Å². The van der Waals surface area contributed by atoms with Gasteiger partial charge in [0, 0.05) is 29.1 Å². The summed E-state index contributed by atoms with van der Waals surface area (Å²) in [5, 5.41) is 9.27. The second kappa shape index (κ2) is 5.48. The summed E-state index contributed by atoms with van der Waals surface area (Å²) in [5.41, 5.74) is 1.74. The lowest BCUT2D eigenvalue weighted by Crippen LogP contribution is -2.02. The number of Topliss-reactive ketones (excluding diaryl/α,β-unsaturated/α-hetero) is 1. The highest BCUT2D eigenvalue weighted by atomic mass is 19.1. The maximum absolute atomic E-state index is 13.7. The summed E-state index contributed by atoms with van der Waals surface area (Å²) in [6, 6.07) is 6.27. The predicted octanol–water partition coefficient (Wildman–Crippen LogP) is 3.61. The van der Waals surface area contributed by atoms with Gasteiger partial charge in [-0.1, -0.05) is 12.1 Å². The number of hydrogen-bond acceptors (Lipinski definition) is 3. The molecule has 112 valence electrons. The van der Waals surface area contributed by atoms with Crippen LogP contribution in [-0.4, -0.2) is 21.8 Å². The molecule has 5 nitrogen and oxygen atoms in total. The first kappa shape index (κ1) is 14.1. The smallest absolute Gasteiger partial charge is 0.303 e. The number of fused-ring (bicyclic) bond motifs is 1. The van der Waals surface area contributed by atoms with Crippen LogP contribution in [0.4, 0.5) is 4.39 Å². The molecule has 2 aromatic heterocycles. The van der Waals surface area contributed by atoms with Gasteiger partial charge >= 0.3 is 5.97 Å². The molecule has 22 heavy (non-hydrogen) atoms. The fourth-order valence-electron chi connectivity index (χ4n) is 2.32. The molecule has 3 aromatic rings. The van der Waals surface area contributed by atoms with E-state index in [1.807, 2.05) is 0 Å². The van der Waals surface area contributed by atoms with Crippen molar-refractivity contribution in [1.29, 1.82) is 0 Å². The van der Waals surface area contributed by atoms with Gasteiger partial charge in [-0.15, -0.1) is 0 Å². The third kappa shape index (κ3) is 2.50. The normalized spacial score (nSPS) is 11.0. The lowest BCUT2D eigenvalue weighted by molar-refractivity contribution is -0.136. The number of carboxylic acids is 1. The Kier molecular flexibility index (Phi) is 3.50. The van der Waals surface area contributed by atoms with Crippen molar-refractivity contribution in [2.75, 3.05) is 0 Å². The quantitative estimate of drug-likeness (QED) is 0.705. The Bertz CT molecular complexity index is 862. The van der Waals surface area contributed by atoms with Crippen molar-refractivity contribution < 1.29 is 23.5 Å². The lowest BCUT2D eigenvalue weighted by Gasteiger charge is -1.95. The SMILES string of the molecule is O=C(O)CCC(=O)c1cc(-c2c[nH]c3c(F)cccc23)co1. The average molecular weight is 301 g/mol. The molecular weight excluding hydrogens is 289 g/mol. The van der Waals surface area contributed by atoms with Gasteiger partial charge in [0.15, 0.2) is 11.5 Å². The van der Waals surface area contributed by atoms with Crippen LogP contribution in [0.15, 0.2) is 41.1 Å². The molecule has 0 aliphatic rings. The number of ketones is 1. The number of para-hydroxylation sites is 1. The number of carbonyl (C=O) groups is 2. The number of rotatable bonds is 5. The summed E-state index contributed by atoms with van der Waals surface area (Å²) >= 11 is 0. The van der Waals surface area contributed by atoms with Crippen molar-refractivity contribution in [1.82, 2.24) is 4.98 Å². The van der Waals surface area contributed by atoms with Crippen molar-refractivity contribution in [2.24, 2.45) is 0 Å². The molecule has 0 aliphatic carbocycles. The molecule has 2 heterocycles. The van der Waals surface area contributed by atoms with E-state index >= 15 is 0 Å². The minimum atomic E-state index is -1.03. The topological polar surface area (TPSA) is 83.3 Å². The number of nitrogens with one attached hydrogen (secondary N) is 1. The Morgan fingerprint density at radius 3 is 2.86 bits per heavy atom. The molecule has 6 heteroatoms. The fourth-order valence-corrected chi connectivity index (χ4v) is 2.32.